The highest BCUT2D eigenvalue weighted by molar-refractivity contribution is 8.77. The molecule has 0 saturated heterocycles. The largest absolute Gasteiger partial charge is 0.300 e. The van der Waals surface area contributed by atoms with Gasteiger partial charge in [-0.3, -0.25) is 9.59 Å². The summed E-state index contributed by atoms with van der Waals surface area (Å²) in [6, 6.07) is 0. The molecule has 6 fully saturated rings. The zero-order valence-corrected chi connectivity index (χ0v) is 31.5. The molecule has 0 heterocycles. The second kappa shape index (κ2) is 11.5. The Kier molecular flexibility index (Phi) is 8.20. The lowest BCUT2D eigenvalue weighted by atomic mass is 9.47. The molecule has 8 aliphatic rings. The van der Waals surface area contributed by atoms with Gasteiger partial charge in [-0.1, -0.05) is 72.6 Å². The molecular formula is C42H62O2S2. The van der Waals surface area contributed by atoms with Crippen molar-refractivity contribution in [2.24, 2.45) is 69.0 Å². The van der Waals surface area contributed by atoms with Gasteiger partial charge in [-0.25, -0.2) is 0 Å². The Labute approximate surface area is 288 Å². The molecule has 0 aliphatic heterocycles. The molecule has 4 heteroatoms. The van der Waals surface area contributed by atoms with E-state index in [1.807, 2.05) is 25.0 Å². The van der Waals surface area contributed by atoms with E-state index >= 15 is 0 Å². The highest BCUT2D eigenvalue weighted by Crippen LogP contribution is 2.69. The molecule has 0 radical (unpaired) electrons. The lowest BCUT2D eigenvalue weighted by molar-refractivity contribution is -0.128. The van der Waals surface area contributed by atoms with Crippen LogP contribution in [0.3, 0.4) is 0 Å². The Morgan fingerprint density at radius 3 is 1.37 bits per heavy atom. The van der Waals surface area contributed by atoms with Crippen LogP contribution in [0, 0.1) is 69.0 Å². The van der Waals surface area contributed by atoms with Crippen LogP contribution in [0.25, 0.3) is 0 Å². The van der Waals surface area contributed by atoms with Gasteiger partial charge < -0.3 is 0 Å². The van der Waals surface area contributed by atoms with Gasteiger partial charge in [0.05, 0.1) is 0 Å². The molecule has 8 aliphatic carbocycles. The predicted octanol–water partition coefficient (Wildman–Crippen LogP) is 11.4. The normalized spacial score (nSPS) is 52.6. The van der Waals surface area contributed by atoms with Crippen LogP contribution in [0.2, 0.25) is 0 Å². The first kappa shape index (κ1) is 32.7. The zero-order chi connectivity index (χ0) is 32.2. The number of ketones is 2. The molecule has 6 saturated carbocycles. The van der Waals surface area contributed by atoms with Crippen molar-refractivity contribution in [3.8, 4) is 0 Å². The Bertz CT molecular complexity index is 1230. The van der Waals surface area contributed by atoms with E-state index in [1.165, 1.54) is 89.9 Å². The van der Waals surface area contributed by atoms with Crippen molar-refractivity contribution < 1.29 is 9.59 Å². The quantitative estimate of drug-likeness (QED) is 0.217. The van der Waals surface area contributed by atoms with Crippen LogP contribution < -0.4 is 0 Å². The second-order valence-corrected chi connectivity index (χ2v) is 21.9. The van der Waals surface area contributed by atoms with E-state index in [9.17, 15) is 9.59 Å². The average molecular weight is 663 g/mol. The molecule has 0 aromatic heterocycles. The minimum atomic E-state index is 0.260. The summed E-state index contributed by atoms with van der Waals surface area (Å²) >= 11 is 0. The molecule has 0 N–H and O–H groups in total. The number of hydrogen-bond acceptors (Lipinski definition) is 4. The van der Waals surface area contributed by atoms with Gasteiger partial charge >= 0.3 is 0 Å². The van der Waals surface area contributed by atoms with Gasteiger partial charge in [0.1, 0.15) is 11.6 Å². The van der Waals surface area contributed by atoms with Gasteiger partial charge in [-0.15, -0.1) is 0 Å². The number of fused-ring (bicyclic) bond motifs is 10. The van der Waals surface area contributed by atoms with Gasteiger partial charge in [0.25, 0.3) is 0 Å². The number of rotatable bonds is 5. The number of carbonyl (C=O) groups excluding carboxylic acids is 2. The lowest BCUT2D eigenvalue weighted by Gasteiger charge is -2.58. The minimum Gasteiger partial charge on any atom is -0.300 e. The highest BCUT2D eigenvalue weighted by Gasteiger charge is 2.61. The van der Waals surface area contributed by atoms with E-state index in [4.69, 9.17) is 0 Å². The van der Waals surface area contributed by atoms with E-state index in [1.54, 1.807) is 0 Å². The summed E-state index contributed by atoms with van der Waals surface area (Å²) in [6.07, 6.45) is 26.2. The van der Waals surface area contributed by atoms with Crippen molar-refractivity contribution in [1.82, 2.24) is 0 Å². The third-order valence-electron chi connectivity index (χ3n) is 17.4. The van der Waals surface area contributed by atoms with Crippen molar-refractivity contribution in [2.45, 2.75) is 155 Å². The third kappa shape index (κ3) is 4.76. The Balaban J connectivity index is 0.892. The van der Waals surface area contributed by atoms with Gasteiger partial charge in [-0.05, 0) is 174 Å². The summed E-state index contributed by atoms with van der Waals surface area (Å²) in [5, 5.41) is 1.54. The average Bonchev–Trinajstić information content (AvgIpc) is 3.57. The summed E-state index contributed by atoms with van der Waals surface area (Å²) in [5.74, 6) is 6.34. The van der Waals surface area contributed by atoms with E-state index in [0.717, 1.165) is 58.8 Å². The summed E-state index contributed by atoms with van der Waals surface area (Å²) in [5.41, 5.74) is 4.93. The van der Waals surface area contributed by atoms with E-state index < -0.39 is 0 Å². The fraction of sp³-hybridized carbons (Fsp3) is 0.857. The van der Waals surface area contributed by atoms with Crippen molar-refractivity contribution >= 4 is 33.2 Å². The van der Waals surface area contributed by atoms with Crippen molar-refractivity contribution in [3.05, 3.63) is 23.3 Å². The molecule has 0 aromatic rings. The fourth-order valence-corrected chi connectivity index (χ4v) is 18.1. The van der Waals surface area contributed by atoms with E-state index in [2.05, 4.69) is 61.4 Å². The molecule has 0 spiro atoms. The molecule has 0 bridgehead atoms. The monoisotopic (exact) mass is 662 g/mol. The molecule has 46 heavy (non-hydrogen) atoms. The van der Waals surface area contributed by atoms with Gasteiger partial charge in [-0.2, -0.15) is 0 Å². The number of hydrogen-bond donors (Lipinski definition) is 0. The lowest BCUT2D eigenvalue weighted by Crippen LogP contribution is -2.50. The number of carbonyl (C=O) groups is 2. The first-order valence-electron chi connectivity index (χ1n) is 19.6. The maximum absolute atomic E-state index is 12.6. The summed E-state index contributed by atoms with van der Waals surface area (Å²) < 4.78 is 0. The summed E-state index contributed by atoms with van der Waals surface area (Å²) in [4.78, 5) is 25.1. The third-order valence-corrected chi connectivity index (χ3v) is 20.9. The Morgan fingerprint density at radius 2 is 0.978 bits per heavy atom. The van der Waals surface area contributed by atoms with Gasteiger partial charge in [0.2, 0.25) is 0 Å². The maximum Gasteiger partial charge on any atom is 0.133 e. The molecule has 0 aromatic carbocycles. The molecule has 8 rings (SSSR count). The highest BCUT2D eigenvalue weighted by atomic mass is 33.1. The van der Waals surface area contributed by atoms with Crippen LogP contribution in [-0.2, 0) is 9.59 Å². The number of allylic oxidation sites excluding steroid dienone is 4. The first-order valence-corrected chi connectivity index (χ1v) is 21.9. The number of Topliss-reactive ketones (excluding diaryl/α,β-unsaturated/α-hetero) is 2. The van der Waals surface area contributed by atoms with Crippen LogP contribution in [0.4, 0.5) is 0 Å². The van der Waals surface area contributed by atoms with Crippen molar-refractivity contribution in [2.75, 3.05) is 0 Å². The van der Waals surface area contributed by atoms with E-state index in [0.29, 0.717) is 34.2 Å². The predicted molar refractivity (Wildman–Crippen MR) is 195 cm³/mol. The van der Waals surface area contributed by atoms with Crippen LogP contribution in [0.15, 0.2) is 23.3 Å². The molecule has 14 unspecified atom stereocenters. The molecule has 254 valence electrons. The Hall–Kier alpha value is -0.480. The van der Waals surface area contributed by atoms with Gasteiger partial charge in [0.15, 0.2) is 0 Å². The van der Waals surface area contributed by atoms with E-state index in [-0.39, 0.29) is 10.8 Å². The summed E-state index contributed by atoms with van der Waals surface area (Å²) in [6.45, 7) is 14.0. The summed E-state index contributed by atoms with van der Waals surface area (Å²) in [7, 11) is 4.52. The van der Waals surface area contributed by atoms with Crippen LogP contribution in [0.1, 0.15) is 144 Å². The smallest absolute Gasteiger partial charge is 0.133 e. The Morgan fingerprint density at radius 1 is 0.565 bits per heavy atom. The molecule has 14 atom stereocenters. The standard InChI is InChI=1S/C42H62O2S2/c1-25(43)33-11-13-35-31-9-7-27-23-29(15-19-39(27,3)37(31)17-21-41(33,35)5)45-46-30-16-20-40(4)28(24-30)8-10-32-36-14-12-34(26(2)44)42(36,6)22-18-38(32)40/h7-8,29-38H,9-24H2,1-6H3. The van der Waals surface area contributed by atoms with Crippen LogP contribution in [-0.4, -0.2) is 22.1 Å². The van der Waals surface area contributed by atoms with Crippen molar-refractivity contribution in [3.63, 3.8) is 0 Å². The molecule has 0 amide bonds. The zero-order valence-electron chi connectivity index (χ0n) is 29.9. The molecular weight excluding hydrogens is 601 g/mol. The maximum atomic E-state index is 12.6. The SMILES string of the molecule is CC(=O)C1CCC2C3CC=C4CC(SSC5CCC6(C)C(=CCC7C6CCC6(C)C(C(C)=O)CCC76)C5)CCC4(C)C3CCC12C. The first-order chi connectivity index (χ1) is 21.9. The topological polar surface area (TPSA) is 34.1 Å². The molecule has 2 nitrogen and oxygen atoms in total. The second-order valence-electron chi connectivity index (χ2n) is 19.0. The van der Waals surface area contributed by atoms with Crippen LogP contribution in [0.5, 0.6) is 0 Å². The van der Waals surface area contributed by atoms with Gasteiger partial charge in [0, 0.05) is 22.3 Å². The van der Waals surface area contributed by atoms with Crippen LogP contribution >= 0.6 is 21.6 Å². The fourth-order valence-electron chi connectivity index (χ4n) is 14.9. The minimum absolute atomic E-state index is 0.260. The van der Waals surface area contributed by atoms with Crippen molar-refractivity contribution in [1.29, 1.82) is 0 Å².